The summed E-state index contributed by atoms with van der Waals surface area (Å²) in [6.45, 7) is 9.69. The maximum atomic E-state index is 12.7. The average molecular weight is 459 g/mol. The number of hydrogen-bond donors (Lipinski definition) is 1. The lowest BCUT2D eigenvalue weighted by molar-refractivity contribution is -0.131. The van der Waals surface area contributed by atoms with Gasteiger partial charge in [0.1, 0.15) is 0 Å². The zero-order valence-corrected chi connectivity index (χ0v) is 20.1. The van der Waals surface area contributed by atoms with E-state index in [0.29, 0.717) is 31.5 Å². The van der Waals surface area contributed by atoms with Crippen molar-refractivity contribution in [1.82, 2.24) is 9.62 Å². The summed E-state index contributed by atoms with van der Waals surface area (Å²) < 4.78 is 51.3. The van der Waals surface area contributed by atoms with Gasteiger partial charge in [0.25, 0.3) is 0 Å². The van der Waals surface area contributed by atoms with E-state index >= 15 is 0 Å². The highest BCUT2D eigenvalue weighted by atomic mass is 32.2. The van der Waals surface area contributed by atoms with E-state index in [1.165, 1.54) is 12.1 Å². The first-order valence-electron chi connectivity index (χ1n) is 10.3. The molecule has 2 rings (SSSR count). The smallest absolute Gasteiger partial charge is 0.240 e. The molecule has 0 aliphatic carbocycles. The predicted octanol–water partition coefficient (Wildman–Crippen LogP) is 2.37. The Labute approximate surface area is 181 Å². The van der Waals surface area contributed by atoms with Crippen molar-refractivity contribution in [3.8, 4) is 0 Å². The maximum absolute atomic E-state index is 12.7. The summed E-state index contributed by atoms with van der Waals surface area (Å²) in [5.41, 5.74) is 0.643. The van der Waals surface area contributed by atoms with Gasteiger partial charge < -0.3 is 4.90 Å². The largest absolute Gasteiger partial charge is 0.342 e. The second-order valence-corrected chi connectivity index (χ2v) is 13.8. The van der Waals surface area contributed by atoms with Gasteiger partial charge in [0.15, 0.2) is 9.84 Å². The van der Waals surface area contributed by atoms with Crippen LogP contribution >= 0.6 is 0 Å². The minimum Gasteiger partial charge on any atom is -0.342 e. The highest BCUT2D eigenvalue weighted by molar-refractivity contribution is 7.92. The quantitative estimate of drug-likeness (QED) is 0.676. The van der Waals surface area contributed by atoms with Crippen molar-refractivity contribution in [3.05, 3.63) is 29.8 Å². The summed E-state index contributed by atoms with van der Waals surface area (Å²) in [5.74, 6) is 0.147. The van der Waals surface area contributed by atoms with Crippen LogP contribution < -0.4 is 4.72 Å². The summed E-state index contributed by atoms with van der Waals surface area (Å²) >= 11 is 0. The Kier molecular flexibility index (Phi) is 7.74. The van der Waals surface area contributed by atoms with Crippen LogP contribution in [-0.2, 0) is 31.1 Å². The molecule has 1 aromatic rings. The Morgan fingerprint density at radius 2 is 1.73 bits per heavy atom. The van der Waals surface area contributed by atoms with Gasteiger partial charge in [-0.15, -0.1) is 0 Å². The number of benzene rings is 1. The van der Waals surface area contributed by atoms with Gasteiger partial charge in [-0.2, -0.15) is 0 Å². The van der Waals surface area contributed by atoms with Crippen LogP contribution in [0.25, 0.3) is 0 Å². The molecule has 170 valence electrons. The van der Waals surface area contributed by atoms with Crippen molar-refractivity contribution in [2.75, 3.05) is 18.8 Å². The molecule has 7 nitrogen and oxygen atoms in total. The Bertz CT molecular complexity index is 955. The molecule has 0 aromatic heterocycles. The minimum atomic E-state index is -3.61. The molecule has 1 fully saturated rings. The van der Waals surface area contributed by atoms with Crippen LogP contribution in [0.3, 0.4) is 0 Å². The van der Waals surface area contributed by atoms with Crippen molar-refractivity contribution < 1.29 is 21.6 Å². The molecular weight excluding hydrogens is 424 g/mol. The van der Waals surface area contributed by atoms with E-state index in [-0.39, 0.29) is 34.9 Å². The molecule has 0 unspecified atom stereocenters. The van der Waals surface area contributed by atoms with Crippen LogP contribution in [0, 0.1) is 5.92 Å². The molecule has 9 heteroatoms. The van der Waals surface area contributed by atoms with Gasteiger partial charge in [-0.25, -0.2) is 21.6 Å². The molecular formula is C21H34N2O5S2. The summed E-state index contributed by atoms with van der Waals surface area (Å²) in [4.78, 5) is 14.6. The SMILES string of the molecule is CC(C)NS(=O)(=O)c1cccc(CC(=O)N2CCC(CS(=O)(=O)C(C)(C)C)CC2)c1. The number of amides is 1. The third-order valence-electron chi connectivity index (χ3n) is 5.31. The van der Waals surface area contributed by atoms with Gasteiger partial charge >= 0.3 is 0 Å². The Balaban J connectivity index is 1.97. The Morgan fingerprint density at radius 3 is 2.27 bits per heavy atom. The van der Waals surface area contributed by atoms with Crippen molar-refractivity contribution in [3.63, 3.8) is 0 Å². The molecule has 1 heterocycles. The molecule has 0 atom stereocenters. The molecule has 1 aliphatic heterocycles. The average Bonchev–Trinajstić information content (AvgIpc) is 2.60. The normalized spacial score (nSPS) is 16.8. The van der Waals surface area contributed by atoms with Gasteiger partial charge in [0, 0.05) is 19.1 Å². The van der Waals surface area contributed by atoms with Crippen molar-refractivity contribution >= 4 is 25.8 Å². The number of sulfonamides is 1. The van der Waals surface area contributed by atoms with Crippen LogP contribution in [0.2, 0.25) is 0 Å². The molecule has 1 saturated heterocycles. The number of carbonyl (C=O) groups excluding carboxylic acids is 1. The molecule has 1 aliphatic rings. The maximum Gasteiger partial charge on any atom is 0.240 e. The first-order chi connectivity index (χ1) is 13.7. The van der Waals surface area contributed by atoms with Gasteiger partial charge in [-0.05, 0) is 71.1 Å². The third-order valence-corrected chi connectivity index (χ3v) is 9.74. The number of rotatable bonds is 7. The van der Waals surface area contributed by atoms with E-state index in [9.17, 15) is 21.6 Å². The van der Waals surface area contributed by atoms with E-state index in [4.69, 9.17) is 0 Å². The lowest BCUT2D eigenvalue weighted by Gasteiger charge is -2.33. The van der Waals surface area contributed by atoms with Gasteiger partial charge in [-0.3, -0.25) is 4.79 Å². The first-order valence-corrected chi connectivity index (χ1v) is 13.5. The van der Waals surface area contributed by atoms with Crippen LogP contribution in [-0.4, -0.2) is 57.3 Å². The second-order valence-electron chi connectivity index (χ2n) is 9.32. The van der Waals surface area contributed by atoms with Crippen LogP contribution in [0.4, 0.5) is 0 Å². The fourth-order valence-corrected chi connectivity index (χ4v) is 6.17. The van der Waals surface area contributed by atoms with Gasteiger partial charge in [-0.1, -0.05) is 12.1 Å². The third kappa shape index (κ3) is 6.52. The molecule has 1 N–H and O–H groups in total. The zero-order chi connectivity index (χ0) is 22.7. The molecule has 1 aromatic carbocycles. The molecule has 30 heavy (non-hydrogen) atoms. The fourth-order valence-electron chi connectivity index (χ4n) is 3.40. The van der Waals surface area contributed by atoms with E-state index in [2.05, 4.69) is 4.72 Å². The fraction of sp³-hybridized carbons (Fsp3) is 0.667. The van der Waals surface area contributed by atoms with Crippen LogP contribution in [0.1, 0.15) is 53.0 Å². The molecule has 0 bridgehead atoms. The monoisotopic (exact) mass is 458 g/mol. The number of likely N-dealkylation sites (tertiary alicyclic amines) is 1. The summed E-state index contributed by atoms with van der Waals surface area (Å²) in [6, 6.07) is 6.21. The predicted molar refractivity (Wildman–Crippen MR) is 118 cm³/mol. The summed E-state index contributed by atoms with van der Waals surface area (Å²) in [7, 11) is -6.79. The Hall–Kier alpha value is -1.45. The van der Waals surface area contributed by atoms with Crippen LogP contribution in [0.5, 0.6) is 0 Å². The van der Waals surface area contributed by atoms with Crippen molar-refractivity contribution in [2.24, 2.45) is 5.92 Å². The number of nitrogens with one attached hydrogen (secondary N) is 1. The first kappa shape index (κ1) is 24.8. The van der Waals surface area contributed by atoms with Crippen molar-refractivity contribution in [1.29, 1.82) is 0 Å². The van der Waals surface area contributed by atoms with E-state index in [1.54, 1.807) is 51.7 Å². The van der Waals surface area contributed by atoms with E-state index in [0.717, 1.165) is 0 Å². The summed E-state index contributed by atoms with van der Waals surface area (Å²) in [5, 5.41) is 0. The second kappa shape index (κ2) is 9.36. The molecule has 0 saturated carbocycles. The topological polar surface area (TPSA) is 101 Å². The molecule has 1 amide bonds. The molecule has 0 radical (unpaired) electrons. The van der Waals surface area contributed by atoms with Crippen molar-refractivity contribution in [2.45, 2.75) is 69.6 Å². The lowest BCUT2D eigenvalue weighted by atomic mass is 9.98. The number of piperidine rings is 1. The highest BCUT2D eigenvalue weighted by Gasteiger charge is 2.33. The standard InChI is InChI=1S/C21H34N2O5S2/c1-16(2)22-30(27,28)19-8-6-7-18(13-19)14-20(24)23-11-9-17(10-12-23)15-29(25,26)21(3,4)5/h6-8,13,16-17,22H,9-12,14-15H2,1-5H3. The zero-order valence-electron chi connectivity index (χ0n) is 18.5. The number of carbonyl (C=O) groups is 1. The number of nitrogens with zero attached hydrogens (tertiary/aromatic N) is 1. The number of hydrogen-bond acceptors (Lipinski definition) is 5. The number of sulfone groups is 1. The van der Waals surface area contributed by atoms with Gasteiger partial charge in [0.05, 0.1) is 21.8 Å². The summed E-state index contributed by atoms with van der Waals surface area (Å²) in [6.07, 6.45) is 1.44. The Morgan fingerprint density at radius 1 is 1.13 bits per heavy atom. The minimum absolute atomic E-state index is 0.0638. The highest BCUT2D eigenvalue weighted by Crippen LogP contribution is 2.25. The van der Waals surface area contributed by atoms with E-state index < -0.39 is 24.6 Å². The lowest BCUT2D eigenvalue weighted by Crippen LogP contribution is -2.42. The molecule has 0 spiro atoms. The van der Waals surface area contributed by atoms with Crippen LogP contribution in [0.15, 0.2) is 29.2 Å². The van der Waals surface area contributed by atoms with E-state index in [1.807, 2.05) is 0 Å². The van der Waals surface area contributed by atoms with Gasteiger partial charge in [0.2, 0.25) is 15.9 Å².